The minimum atomic E-state index is 0.220. The molecule has 2 heterocycles. The molecule has 2 aromatic heterocycles. The van der Waals surface area contributed by atoms with E-state index < -0.39 is 0 Å². The fourth-order valence-electron chi connectivity index (χ4n) is 2.62. The monoisotopic (exact) mass is 395 g/mol. The van der Waals surface area contributed by atoms with Crippen molar-refractivity contribution >= 4 is 46.2 Å². The number of phenols is 1. The summed E-state index contributed by atoms with van der Waals surface area (Å²) in [6, 6.07) is 5.67. The SMILES string of the molecule is CNc1ncnc2c1c(-c1cc(O)cc(Br)c1)cn2C(C)C.[2H]S. The van der Waals surface area contributed by atoms with Crippen molar-refractivity contribution < 1.29 is 5.11 Å². The summed E-state index contributed by atoms with van der Waals surface area (Å²) < 4.78 is 8.39. The molecule has 1 aromatic carbocycles. The molecule has 0 bridgehead atoms. The van der Waals surface area contributed by atoms with Crippen molar-refractivity contribution in [2.75, 3.05) is 12.4 Å². The van der Waals surface area contributed by atoms with Crippen LogP contribution in [-0.4, -0.2) is 27.8 Å². The Kier molecular flexibility index (Phi) is 4.77. The second-order valence-corrected chi connectivity index (χ2v) is 6.33. The van der Waals surface area contributed by atoms with Crippen LogP contribution in [0.3, 0.4) is 0 Å². The van der Waals surface area contributed by atoms with E-state index in [2.05, 4.69) is 69.2 Å². The summed E-state index contributed by atoms with van der Waals surface area (Å²) >= 11 is 6.21. The highest BCUT2D eigenvalue weighted by Crippen LogP contribution is 2.37. The lowest BCUT2D eigenvalue weighted by atomic mass is 10.1. The van der Waals surface area contributed by atoms with E-state index in [1.165, 1.54) is 0 Å². The quantitative estimate of drug-likeness (QED) is 0.693. The van der Waals surface area contributed by atoms with E-state index in [0.717, 1.165) is 32.5 Å². The Hall–Kier alpha value is -1.73. The van der Waals surface area contributed by atoms with Gasteiger partial charge in [-0.15, -0.1) is 0 Å². The Bertz CT molecular complexity index is 833. The maximum absolute atomic E-state index is 9.89. The van der Waals surface area contributed by atoms with Gasteiger partial charge in [-0.2, -0.15) is 13.4 Å². The van der Waals surface area contributed by atoms with Gasteiger partial charge in [-0.1, -0.05) is 15.9 Å². The number of rotatable bonds is 3. The molecule has 0 spiro atoms. The molecule has 3 aromatic rings. The van der Waals surface area contributed by atoms with Gasteiger partial charge in [-0.05, 0) is 37.6 Å². The number of halogens is 1. The van der Waals surface area contributed by atoms with Crippen molar-refractivity contribution in [3.8, 4) is 16.9 Å². The van der Waals surface area contributed by atoms with E-state index >= 15 is 0 Å². The third-order valence-electron chi connectivity index (χ3n) is 3.60. The maximum Gasteiger partial charge on any atom is 0.146 e. The third-order valence-corrected chi connectivity index (χ3v) is 4.05. The van der Waals surface area contributed by atoms with Crippen molar-refractivity contribution in [3.63, 3.8) is 0 Å². The number of aromatic nitrogens is 3. The molecule has 0 unspecified atom stereocenters. The molecule has 0 aliphatic heterocycles. The van der Waals surface area contributed by atoms with Crippen molar-refractivity contribution in [2.45, 2.75) is 19.9 Å². The average Bonchev–Trinajstić information content (AvgIpc) is 2.96. The van der Waals surface area contributed by atoms with Gasteiger partial charge < -0.3 is 15.0 Å². The number of hydrogen-bond acceptors (Lipinski definition) is 4. The lowest BCUT2D eigenvalue weighted by Gasteiger charge is -2.08. The van der Waals surface area contributed by atoms with Gasteiger partial charge in [0.05, 0.1) is 6.51 Å². The zero-order chi connectivity index (χ0) is 17.9. The smallest absolute Gasteiger partial charge is 0.146 e. The molecule has 0 fully saturated rings. The topological polar surface area (TPSA) is 63.0 Å². The van der Waals surface area contributed by atoms with Crippen LogP contribution in [0.15, 0.2) is 35.2 Å². The van der Waals surface area contributed by atoms with Crippen LogP contribution in [0.2, 0.25) is 0 Å². The summed E-state index contributed by atoms with van der Waals surface area (Å²) in [6.07, 6.45) is 3.63. The Morgan fingerprint density at radius 3 is 2.65 bits per heavy atom. The molecule has 0 saturated carbocycles. The van der Waals surface area contributed by atoms with Crippen molar-refractivity contribution in [1.29, 1.82) is 1.12 Å². The average molecular weight is 396 g/mol. The highest BCUT2D eigenvalue weighted by atomic mass is 79.9. The second-order valence-electron chi connectivity index (χ2n) is 5.41. The van der Waals surface area contributed by atoms with Gasteiger partial charge in [0.1, 0.15) is 23.5 Å². The molecule has 7 heteroatoms. The molecule has 0 saturated heterocycles. The first-order valence-corrected chi connectivity index (χ1v) is 7.83. The van der Waals surface area contributed by atoms with Gasteiger partial charge in [0.25, 0.3) is 0 Å². The molecule has 5 nitrogen and oxygen atoms in total. The number of phenolic OH excluding ortho intramolecular Hbond substituents is 1. The zero-order valence-electron chi connectivity index (χ0n) is 14.1. The summed E-state index contributed by atoms with van der Waals surface area (Å²) in [7, 11) is 1.84. The largest absolute Gasteiger partial charge is 0.508 e. The third kappa shape index (κ3) is 3.16. The van der Waals surface area contributed by atoms with Crippen molar-refractivity contribution in [1.82, 2.24) is 14.5 Å². The van der Waals surface area contributed by atoms with Gasteiger partial charge >= 0.3 is 0 Å². The van der Waals surface area contributed by atoms with Gasteiger partial charge in [-0.25, -0.2) is 9.97 Å². The zero-order valence-corrected chi connectivity index (χ0v) is 15.6. The minimum absolute atomic E-state index is 0.220. The van der Waals surface area contributed by atoms with Gasteiger partial charge in [0.15, 0.2) is 0 Å². The number of nitrogens with one attached hydrogen (secondary N) is 1. The normalized spacial score (nSPS) is 11.1. The number of anilines is 1. The highest BCUT2D eigenvalue weighted by Gasteiger charge is 2.17. The number of aromatic hydroxyl groups is 1. The predicted molar refractivity (Wildman–Crippen MR) is 103 cm³/mol. The summed E-state index contributed by atoms with van der Waals surface area (Å²) in [5, 5.41) is 14.0. The fraction of sp³-hybridized carbons (Fsp3) is 0.250. The molecule has 0 aliphatic carbocycles. The Morgan fingerprint density at radius 1 is 1.30 bits per heavy atom. The number of hydrogen-bond donors (Lipinski definition) is 2. The predicted octanol–water partition coefficient (Wildman–Crippen LogP) is 4.30. The number of benzene rings is 1. The molecule has 2 N–H and O–H groups in total. The molecule has 0 amide bonds. The van der Waals surface area contributed by atoms with Crippen LogP contribution in [0.25, 0.3) is 22.2 Å². The number of nitrogens with zero attached hydrogens (tertiary/aromatic N) is 3. The molecule has 0 atom stereocenters. The standard InChI is InChI=1S/C16H17BrN4O.H2S/c1-9(2)21-7-13(10-4-11(17)6-12(22)5-10)14-15(18-3)19-8-20-16(14)21;/h4-9,22H,1-3H3,(H,18,19,20);1H2/i/hD. The van der Waals surface area contributed by atoms with Gasteiger partial charge in [0, 0.05) is 29.3 Å². The minimum Gasteiger partial charge on any atom is -0.508 e. The molecule has 3 rings (SSSR count). The van der Waals surface area contributed by atoms with Crippen LogP contribution in [0.5, 0.6) is 5.75 Å². The molecular formula is C16H19BrN4OS. The molecule has 23 heavy (non-hydrogen) atoms. The summed E-state index contributed by atoms with van der Waals surface area (Å²) in [4.78, 5) is 8.76. The van der Waals surface area contributed by atoms with E-state index in [9.17, 15) is 5.11 Å². The van der Waals surface area contributed by atoms with Crippen LogP contribution in [0.1, 0.15) is 19.9 Å². The van der Waals surface area contributed by atoms with Crippen molar-refractivity contribution in [3.05, 3.63) is 35.2 Å². The lowest BCUT2D eigenvalue weighted by molar-refractivity contribution is 0.475. The van der Waals surface area contributed by atoms with E-state index in [-0.39, 0.29) is 11.8 Å². The number of fused-ring (bicyclic) bond motifs is 1. The summed E-state index contributed by atoms with van der Waals surface area (Å²) in [6.45, 7) is 4.23. The first kappa shape index (κ1) is 16.1. The Labute approximate surface area is 151 Å². The maximum atomic E-state index is 9.89. The molecule has 122 valence electrons. The van der Waals surface area contributed by atoms with E-state index in [0.29, 0.717) is 0 Å². The Balaban J connectivity index is 0.00000100. The van der Waals surface area contributed by atoms with E-state index in [1.54, 1.807) is 18.5 Å². The van der Waals surface area contributed by atoms with Crippen LogP contribution < -0.4 is 5.32 Å². The summed E-state index contributed by atoms with van der Waals surface area (Å²) in [5.74, 6) is 0.997. The molecule has 0 aliphatic rings. The van der Waals surface area contributed by atoms with E-state index in [1.807, 2.05) is 13.1 Å². The van der Waals surface area contributed by atoms with Crippen LogP contribution in [-0.2, 0) is 0 Å². The second kappa shape index (κ2) is 6.80. The van der Waals surface area contributed by atoms with Gasteiger partial charge in [0.2, 0.25) is 0 Å². The Morgan fingerprint density at radius 2 is 2.04 bits per heavy atom. The highest BCUT2D eigenvalue weighted by molar-refractivity contribution is 9.10. The first-order valence-electron chi connectivity index (χ1n) is 7.49. The first-order chi connectivity index (χ1) is 11.5. The van der Waals surface area contributed by atoms with Crippen LogP contribution in [0.4, 0.5) is 5.82 Å². The molecular weight excluding hydrogens is 376 g/mol. The molecule has 0 radical (unpaired) electrons. The van der Waals surface area contributed by atoms with Crippen LogP contribution >= 0.6 is 29.3 Å². The fourth-order valence-corrected chi connectivity index (χ4v) is 3.10. The van der Waals surface area contributed by atoms with Gasteiger partial charge in [-0.3, -0.25) is 0 Å². The van der Waals surface area contributed by atoms with Crippen LogP contribution in [0, 0.1) is 0 Å². The lowest BCUT2D eigenvalue weighted by Crippen LogP contribution is -2.01. The summed E-state index contributed by atoms with van der Waals surface area (Å²) in [5.41, 5.74) is 2.79. The van der Waals surface area contributed by atoms with E-state index in [4.69, 9.17) is 1.12 Å². The van der Waals surface area contributed by atoms with Crippen molar-refractivity contribution in [2.24, 2.45) is 0 Å².